The van der Waals surface area contributed by atoms with Crippen molar-refractivity contribution < 1.29 is 4.74 Å². The van der Waals surface area contributed by atoms with Gasteiger partial charge < -0.3 is 9.64 Å². The quantitative estimate of drug-likeness (QED) is 0.550. The minimum absolute atomic E-state index is 0.523. The SMILES string of the molecule is CC(C)C1=COC=CN1C. The van der Waals surface area contributed by atoms with Gasteiger partial charge in [-0.1, -0.05) is 13.8 Å². The molecule has 56 valence electrons. The zero-order valence-corrected chi connectivity index (χ0v) is 6.66. The highest BCUT2D eigenvalue weighted by atomic mass is 16.5. The Balaban J connectivity index is 2.66. The summed E-state index contributed by atoms with van der Waals surface area (Å²) in [6, 6.07) is 0. The molecule has 0 radical (unpaired) electrons. The molecule has 0 aliphatic carbocycles. The van der Waals surface area contributed by atoms with E-state index in [1.54, 1.807) is 12.5 Å². The molecule has 0 saturated heterocycles. The van der Waals surface area contributed by atoms with Gasteiger partial charge >= 0.3 is 0 Å². The van der Waals surface area contributed by atoms with Gasteiger partial charge in [0.05, 0.1) is 5.70 Å². The average molecular weight is 139 g/mol. The highest BCUT2D eigenvalue weighted by Crippen LogP contribution is 2.16. The van der Waals surface area contributed by atoms with Gasteiger partial charge in [0, 0.05) is 13.2 Å². The first-order chi connectivity index (χ1) is 4.72. The predicted octanol–water partition coefficient (Wildman–Crippen LogP) is 1.92. The third-order valence-corrected chi connectivity index (χ3v) is 1.55. The van der Waals surface area contributed by atoms with E-state index >= 15 is 0 Å². The molecule has 1 aliphatic rings. The molecule has 1 rings (SSSR count). The summed E-state index contributed by atoms with van der Waals surface area (Å²) in [6.07, 6.45) is 5.37. The molecular weight excluding hydrogens is 126 g/mol. The van der Waals surface area contributed by atoms with Crippen LogP contribution in [0.15, 0.2) is 24.4 Å². The molecule has 1 aliphatic heterocycles. The lowest BCUT2D eigenvalue weighted by molar-refractivity contribution is 0.325. The molecule has 10 heavy (non-hydrogen) atoms. The number of nitrogens with zero attached hydrogens (tertiary/aromatic N) is 1. The molecule has 0 saturated carbocycles. The summed E-state index contributed by atoms with van der Waals surface area (Å²) in [7, 11) is 2.02. The van der Waals surface area contributed by atoms with E-state index in [0.717, 1.165) is 0 Å². The van der Waals surface area contributed by atoms with E-state index in [1.165, 1.54) is 5.70 Å². The molecule has 0 bridgehead atoms. The Labute approximate surface area is 61.8 Å². The van der Waals surface area contributed by atoms with Gasteiger partial charge in [-0.3, -0.25) is 0 Å². The third-order valence-electron chi connectivity index (χ3n) is 1.55. The summed E-state index contributed by atoms with van der Waals surface area (Å²) in [5.74, 6) is 0.523. The minimum Gasteiger partial charge on any atom is -0.469 e. The molecular formula is C8H13NO. The van der Waals surface area contributed by atoms with Crippen molar-refractivity contribution in [2.75, 3.05) is 7.05 Å². The number of ether oxygens (including phenoxy) is 1. The summed E-state index contributed by atoms with van der Waals surface area (Å²) >= 11 is 0. The van der Waals surface area contributed by atoms with E-state index in [0.29, 0.717) is 5.92 Å². The summed E-state index contributed by atoms with van der Waals surface area (Å²) in [5.41, 5.74) is 1.21. The van der Waals surface area contributed by atoms with Gasteiger partial charge in [0.1, 0.15) is 12.5 Å². The van der Waals surface area contributed by atoms with Crippen LogP contribution in [0.4, 0.5) is 0 Å². The lowest BCUT2D eigenvalue weighted by Gasteiger charge is -2.23. The highest BCUT2D eigenvalue weighted by molar-refractivity contribution is 5.06. The first kappa shape index (κ1) is 7.19. The largest absolute Gasteiger partial charge is 0.469 e. The fraction of sp³-hybridized carbons (Fsp3) is 0.500. The molecule has 0 aromatic heterocycles. The van der Waals surface area contributed by atoms with Crippen molar-refractivity contribution in [2.45, 2.75) is 13.8 Å². The Morgan fingerprint density at radius 2 is 2.20 bits per heavy atom. The Morgan fingerprint density at radius 1 is 1.50 bits per heavy atom. The fourth-order valence-corrected chi connectivity index (χ4v) is 0.948. The maximum absolute atomic E-state index is 5.03. The Kier molecular flexibility index (Phi) is 2.00. The molecule has 2 heteroatoms. The van der Waals surface area contributed by atoms with Gasteiger partial charge in [0.15, 0.2) is 0 Å². The Hall–Kier alpha value is -0.920. The molecule has 1 heterocycles. The van der Waals surface area contributed by atoms with Crippen LogP contribution in [0.1, 0.15) is 13.8 Å². The second-order valence-electron chi connectivity index (χ2n) is 2.73. The van der Waals surface area contributed by atoms with Gasteiger partial charge in [0.2, 0.25) is 0 Å². The molecule has 0 spiro atoms. The smallest absolute Gasteiger partial charge is 0.110 e. The Morgan fingerprint density at radius 3 is 2.60 bits per heavy atom. The van der Waals surface area contributed by atoms with Gasteiger partial charge in [-0.25, -0.2) is 0 Å². The van der Waals surface area contributed by atoms with Crippen LogP contribution in [-0.2, 0) is 4.74 Å². The monoisotopic (exact) mass is 139 g/mol. The number of allylic oxidation sites excluding steroid dienone is 1. The van der Waals surface area contributed by atoms with E-state index in [2.05, 4.69) is 18.7 Å². The second-order valence-corrected chi connectivity index (χ2v) is 2.73. The lowest BCUT2D eigenvalue weighted by atomic mass is 10.1. The molecule has 0 fully saturated rings. The van der Waals surface area contributed by atoms with Crippen molar-refractivity contribution >= 4 is 0 Å². The molecule has 0 amide bonds. The van der Waals surface area contributed by atoms with Gasteiger partial charge in [0.25, 0.3) is 0 Å². The van der Waals surface area contributed by atoms with Crippen LogP contribution in [0.5, 0.6) is 0 Å². The van der Waals surface area contributed by atoms with Crippen molar-refractivity contribution in [1.82, 2.24) is 4.90 Å². The van der Waals surface area contributed by atoms with Crippen LogP contribution in [0.2, 0.25) is 0 Å². The zero-order valence-electron chi connectivity index (χ0n) is 6.66. The standard InChI is InChI=1S/C8H13NO/c1-7(2)8-6-10-5-4-9(8)3/h4-7H,1-3H3. The summed E-state index contributed by atoms with van der Waals surface area (Å²) in [6.45, 7) is 4.29. The molecule has 0 aromatic carbocycles. The Bertz CT molecular complexity index is 170. The molecule has 2 nitrogen and oxygen atoms in total. The fourth-order valence-electron chi connectivity index (χ4n) is 0.948. The maximum Gasteiger partial charge on any atom is 0.110 e. The second kappa shape index (κ2) is 2.78. The molecule has 0 N–H and O–H groups in total. The number of hydrogen-bond acceptors (Lipinski definition) is 2. The maximum atomic E-state index is 5.03. The third kappa shape index (κ3) is 1.32. The predicted molar refractivity (Wildman–Crippen MR) is 40.9 cm³/mol. The van der Waals surface area contributed by atoms with E-state index in [4.69, 9.17) is 4.74 Å². The first-order valence-electron chi connectivity index (χ1n) is 3.47. The van der Waals surface area contributed by atoms with Crippen LogP contribution >= 0.6 is 0 Å². The van der Waals surface area contributed by atoms with Crippen LogP contribution in [0.25, 0.3) is 0 Å². The van der Waals surface area contributed by atoms with E-state index < -0.39 is 0 Å². The summed E-state index contributed by atoms with van der Waals surface area (Å²) in [5, 5.41) is 0. The van der Waals surface area contributed by atoms with Crippen molar-refractivity contribution in [3.05, 3.63) is 24.4 Å². The summed E-state index contributed by atoms with van der Waals surface area (Å²) in [4.78, 5) is 2.06. The van der Waals surface area contributed by atoms with Gasteiger partial charge in [-0.2, -0.15) is 0 Å². The van der Waals surface area contributed by atoms with Gasteiger partial charge in [-0.15, -0.1) is 0 Å². The summed E-state index contributed by atoms with van der Waals surface area (Å²) < 4.78 is 5.03. The van der Waals surface area contributed by atoms with Crippen LogP contribution < -0.4 is 0 Å². The highest BCUT2D eigenvalue weighted by Gasteiger charge is 2.09. The number of rotatable bonds is 1. The van der Waals surface area contributed by atoms with Gasteiger partial charge in [-0.05, 0) is 5.92 Å². The van der Waals surface area contributed by atoms with E-state index in [-0.39, 0.29) is 0 Å². The molecule has 0 aromatic rings. The minimum atomic E-state index is 0.523. The lowest BCUT2D eigenvalue weighted by Crippen LogP contribution is -2.17. The first-order valence-corrected chi connectivity index (χ1v) is 3.47. The average Bonchev–Trinajstić information content (AvgIpc) is 1.88. The van der Waals surface area contributed by atoms with Crippen molar-refractivity contribution in [1.29, 1.82) is 0 Å². The van der Waals surface area contributed by atoms with Crippen molar-refractivity contribution in [2.24, 2.45) is 5.92 Å². The molecule has 0 unspecified atom stereocenters. The molecule has 0 atom stereocenters. The van der Waals surface area contributed by atoms with Crippen LogP contribution in [0, 0.1) is 5.92 Å². The van der Waals surface area contributed by atoms with E-state index in [9.17, 15) is 0 Å². The van der Waals surface area contributed by atoms with Crippen LogP contribution in [0.3, 0.4) is 0 Å². The number of hydrogen-bond donors (Lipinski definition) is 0. The van der Waals surface area contributed by atoms with Crippen molar-refractivity contribution in [3.8, 4) is 0 Å². The van der Waals surface area contributed by atoms with Crippen LogP contribution in [-0.4, -0.2) is 11.9 Å². The zero-order chi connectivity index (χ0) is 7.56. The van der Waals surface area contributed by atoms with E-state index in [1.807, 2.05) is 13.2 Å². The van der Waals surface area contributed by atoms with Crippen molar-refractivity contribution in [3.63, 3.8) is 0 Å². The normalized spacial score (nSPS) is 17.2. The topological polar surface area (TPSA) is 12.5 Å².